The summed E-state index contributed by atoms with van der Waals surface area (Å²) in [7, 11) is 0. The molecule has 0 aliphatic carbocycles. The molecule has 0 aromatic heterocycles. The van der Waals surface area contributed by atoms with Crippen molar-refractivity contribution in [3.8, 4) is 5.75 Å². The number of ether oxygens (including phenoxy) is 1. The summed E-state index contributed by atoms with van der Waals surface area (Å²) in [5, 5.41) is 41.9. The van der Waals surface area contributed by atoms with Gasteiger partial charge in [0.1, 0.15) is 17.4 Å². The number of nitrogens with zero attached hydrogens (tertiary/aromatic N) is 1. The summed E-state index contributed by atoms with van der Waals surface area (Å²) in [5.41, 5.74) is 0.657. The van der Waals surface area contributed by atoms with E-state index in [0.29, 0.717) is 23.3 Å². The van der Waals surface area contributed by atoms with Gasteiger partial charge in [0, 0.05) is 54.6 Å². The number of aromatic carboxylic acids is 3. The third kappa shape index (κ3) is 7.54. The van der Waals surface area contributed by atoms with Crippen molar-refractivity contribution in [2.45, 2.75) is 50.0 Å². The Bertz CT molecular complexity index is 1840. The highest BCUT2D eigenvalue weighted by Gasteiger charge is 2.48. The van der Waals surface area contributed by atoms with Crippen LogP contribution in [0.2, 0.25) is 0 Å². The van der Waals surface area contributed by atoms with Crippen LogP contribution < -0.4 is 4.74 Å². The van der Waals surface area contributed by atoms with E-state index in [1.165, 1.54) is 18.2 Å². The van der Waals surface area contributed by atoms with Crippen molar-refractivity contribution in [1.82, 2.24) is 4.90 Å². The van der Waals surface area contributed by atoms with Gasteiger partial charge in [0.15, 0.2) is 0 Å². The number of carboxylic acids is 3. The van der Waals surface area contributed by atoms with Gasteiger partial charge in [-0.2, -0.15) is 0 Å². The Morgan fingerprint density at radius 2 is 1.24 bits per heavy atom. The van der Waals surface area contributed by atoms with Gasteiger partial charge in [-0.1, -0.05) is 67.9 Å². The van der Waals surface area contributed by atoms with E-state index in [1.807, 2.05) is 6.92 Å². The minimum absolute atomic E-state index is 0.000120. The van der Waals surface area contributed by atoms with Crippen molar-refractivity contribution in [3.63, 3.8) is 0 Å². The Morgan fingerprint density at radius 3 is 1.74 bits per heavy atom. The fourth-order valence-corrected chi connectivity index (χ4v) is 7.28. The van der Waals surface area contributed by atoms with E-state index in [4.69, 9.17) is 4.74 Å². The minimum atomic E-state index is -1.24. The minimum Gasteiger partial charge on any atom is -0.493 e. The van der Waals surface area contributed by atoms with Crippen LogP contribution in [0.1, 0.15) is 90.8 Å². The van der Waals surface area contributed by atoms with Crippen molar-refractivity contribution in [1.29, 1.82) is 0 Å². The molecular formula is C39H39F2NO8. The van der Waals surface area contributed by atoms with E-state index in [-0.39, 0.29) is 47.5 Å². The number of likely N-dealkylation sites (tertiary alicyclic amines) is 1. The van der Waals surface area contributed by atoms with Crippen molar-refractivity contribution in [2.24, 2.45) is 0 Å². The summed E-state index contributed by atoms with van der Waals surface area (Å²) < 4.78 is 36.2. The van der Waals surface area contributed by atoms with Gasteiger partial charge >= 0.3 is 17.9 Å². The molecule has 1 saturated heterocycles. The quantitative estimate of drug-likeness (QED) is 0.105. The first kappa shape index (κ1) is 36.2. The average molecular weight is 688 g/mol. The predicted octanol–water partition coefficient (Wildman–Crippen LogP) is 6.81. The lowest BCUT2D eigenvalue weighted by Crippen LogP contribution is -2.53. The number of unbranched alkanes of at least 4 members (excludes halogenated alkanes) is 1. The largest absolute Gasteiger partial charge is 0.493 e. The maximum absolute atomic E-state index is 15.3. The zero-order valence-corrected chi connectivity index (χ0v) is 27.5. The second-order valence-electron chi connectivity index (χ2n) is 12.4. The summed E-state index contributed by atoms with van der Waals surface area (Å²) >= 11 is 0. The molecule has 0 unspecified atom stereocenters. The molecule has 5 rings (SSSR count). The molecule has 50 heavy (non-hydrogen) atoms. The lowest BCUT2D eigenvalue weighted by Gasteiger charge is -2.50. The highest BCUT2D eigenvalue weighted by atomic mass is 19.1. The Hall–Kier alpha value is -5.13. The van der Waals surface area contributed by atoms with Crippen LogP contribution in [0.25, 0.3) is 0 Å². The topological polar surface area (TPSA) is 145 Å². The van der Waals surface area contributed by atoms with Crippen LogP contribution in [0, 0.1) is 11.6 Å². The molecule has 262 valence electrons. The zero-order valence-electron chi connectivity index (χ0n) is 27.5. The van der Waals surface area contributed by atoms with Crippen LogP contribution in [0.5, 0.6) is 5.75 Å². The Morgan fingerprint density at radius 1 is 0.760 bits per heavy atom. The lowest BCUT2D eigenvalue weighted by atomic mass is 9.63. The third-order valence-electron chi connectivity index (χ3n) is 9.54. The molecule has 4 aromatic rings. The Balaban J connectivity index is 1.68. The molecule has 4 N–H and O–H groups in total. The number of hydrogen-bond acceptors (Lipinski definition) is 6. The van der Waals surface area contributed by atoms with Gasteiger partial charge in [-0.15, -0.1) is 0 Å². The number of aliphatic hydroxyl groups is 1. The van der Waals surface area contributed by atoms with E-state index in [9.17, 15) is 34.8 Å². The number of hydrogen-bond donors (Lipinski definition) is 4. The number of piperidine rings is 1. The molecule has 1 aliphatic rings. The van der Waals surface area contributed by atoms with Gasteiger partial charge in [0.2, 0.25) is 0 Å². The fourth-order valence-electron chi connectivity index (χ4n) is 7.28. The molecule has 4 atom stereocenters. The van der Waals surface area contributed by atoms with E-state index in [1.54, 1.807) is 59.5 Å². The van der Waals surface area contributed by atoms with Gasteiger partial charge in [-0.3, -0.25) is 4.90 Å². The molecule has 0 saturated carbocycles. The van der Waals surface area contributed by atoms with Crippen molar-refractivity contribution in [3.05, 3.63) is 136 Å². The normalized spacial score (nSPS) is 19.2. The van der Waals surface area contributed by atoms with Gasteiger partial charge in [0.05, 0.1) is 29.9 Å². The van der Waals surface area contributed by atoms with Crippen LogP contribution in [-0.4, -0.2) is 75.6 Å². The molecule has 0 radical (unpaired) electrons. The maximum atomic E-state index is 15.3. The molecule has 1 aliphatic heterocycles. The van der Waals surface area contributed by atoms with E-state index in [0.717, 1.165) is 25.0 Å². The standard InChI is InChI=1S/C39H39F2NO8/c1-2-3-18-50-23-19-32(40)30(33(41)20-23)16-17-42-21-31(24-10-4-7-13-27(24)37(44)45)35(25-11-5-8-14-28(25)38(46)47)36(34(42)22-43)26-12-6-9-15-29(26)39(48)49/h4-15,19-20,31,34-36,43H,2-3,16-18,21-22H2,1H3,(H,44,45)(H,46,47)(H,48,49)/t31-,34-,35-,36-/m1/s1. The summed E-state index contributed by atoms with van der Waals surface area (Å²) in [6.07, 6.45) is 1.43. The molecule has 1 heterocycles. The molecule has 1 fully saturated rings. The van der Waals surface area contributed by atoms with Crippen LogP contribution in [-0.2, 0) is 6.42 Å². The smallest absolute Gasteiger partial charge is 0.335 e. The molecule has 9 nitrogen and oxygen atoms in total. The first-order valence-electron chi connectivity index (χ1n) is 16.5. The molecule has 0 bridgehead atoms. The second-order valence-corrected chi connectivity index (χ2v) is 12.4. The number of aliphatic hydroxyl groups excluding tert-OH is 1. The number of carboxylic acid groups (broad SMARTS) is 3. The highest BCUT2D eigenvalue weighted by molar-refractivity contribution is 5.92. The summed E-state index contributed by atoms with van der Waals surface area (Å²) in [4.78, 5) is 39.6. The van der Waals surface area contributed by atoms with Crippen LogP contribution in [0.4, 0.5) is 8.78 Å². The summed E-state index contributed by atoms with van der Waals surface area (Å²) in [6, 6.07) is 20.2. The number of carbonyl (C=O) groups is 3. The van der Waals surface area contributed by atoms with E-state index in [2.05, 4.69) is 0 Å². The average Bonchev–Trinajstić information content (AvgIpc) is 3.10. The third-order valence-corrected chi connectivity index (χ3v) is 9.54. The molecule has 4 aromatic carbocycles. The van der Waals surface area contributed by atoms with Crippen LogP contribution in [0.15, 0.2) is 84.9 Å². The molecule has 0 spiro atoms. The summed E-state index contributed by atoms with van der Waals surface area (Å²) in [6.45, 7) is 1.82. The zero-order chi connectivity index (χ0) is 35.9. The predicted molar refractivity (Wildman–Crippen MR) is 181 cm³/mol. The Labute approximate surface area is 288 Å². The van der Waals surface area contributed by atoms with Crippen LogP contribution >= 0.6 is 0 Å². The first-order chi connectivity index (χ1) is 24.1. The van der Waals surface area contributed by atoms with Crippen molar-refractivity contribution >= 4 is 17.9 Å². The molecule has 11 heteroatoms. The SMILES string of the molecule is CCCCOc1cc(F)c(CCN2C[C@H](c3ccccc3C(=O)O)[C@@H](c3ccccc3C(=O)O)[C@H](c3ccccc3C(=O)O)[C@H]2CO)c(F)c1. The molecule has 0 amide bonds. The van der Waals surface area contributed by atoms with Crippen molar-refractivity contribution in [2.75, 3.05) is 26.3 Å². The van der Waals surface area contributed by atoms with Gasteiger partial charge in [-0.25, -0.2) is 23.2 Å². The number of rotatable bonds is 14. The highest BCUT2D eigenvalue weighted by Crippen LogP contribution is 2.52. The summed E-state index contributed by atoms with van der Waals surface area (Å²) in [5.74, 6) is -7.73. The van der Waals surface area contributed by atoms with E-state index < -0.39 is 59.9 Å². The monoisotopic (exact) mass is 687 g/mol. The van der Waals surface area contributed by atoms with Crippen LogP contribution in [0.3, 0.4) is 0 Å². The number of halogens is 2. The van der Waals surface area contributed by atoms with Gasteiger partial charge in [-0.05, 0) is 47.7 Å². The van der Waals surface area contributed by atoms with E-state index >= 15 is 8.78 Å². The van der Waals surface area contributed by atoms with Gasteiger partial charge in [0.25, 0.3) is 0 Å². The van der Waals surface area contributed by atoms with Crippen molar-refractivity contribution < 1.29 is 48.3 Å². The molecular weight excluding hydrogens is 648 g/mol. The van der Waals surface area contributed by atoms with Gasteiger partial charge < -0.3 is 25.2 Å². The lowest BCUT2D eigenvalue weighted by molar-refractivity contribution is 0.0483. The first-order valence-corrected chi connectivity index (χ1v) is 16.5. The number of benzene rings is 4. The maximum Gasteiger partial charge on any atom is 0.335 e. The Kier molecular flexibility index (Phi) is 11.6. The second kappa shape index (κ2) is 16.1. The fraction of sp³-hybridized carbons (Fsp3) is 0.308.